The SMILES string of the molecule is CCCCN1C(=O)c2ccc(C(=O)OCC(=O)Nc3c(C)cccc3CC)cc2C1=O. The molecule has 0 saturated heterocycles. The lowest BCUT2D eigenvalue weighted by Crippen LogP contribution is -2.30. The van der Waals surface area contributed by atoms with E-state index in [1.54, 1.807) is 0 Å². The number of hydrogen-bond donors (Lipinski definition) is 1. The molecule has 1 aliphatic rings. The summed E-state index contributed by atoms with van der Waals surface area (Å²) >= 11 is 0. The zero-order chi connectivity index (χ0) is 22.5. The molecule has 2 aromatic carbocycles. The molecule has 0 unspecified atom stereocenters. The van der Waals surface area contributed by atoms with E-state index in [9.17, 15) is 19.2 Å². The molecular weight excluding hydrogens is 396 g/mol. The Labute approximate surface area is 181 Å². The van der Waals surface area contributed by atoms with Gasteiger partial charge in [-0.3, -0.25) is 19.3 Å². The van der Waals surface area contributed by atoms with Crippen molar-refractivity contribution in [1.82, 2.24) is 4.90 Å². The number of esters is 1. The number of nitrogens with one attached hydrogen (secondary N) is 1. The zero-order valence-electron chi connectivity index (χ0n) is 18.0. The number of rotatable bonds is 8. The molecule has 2 aromatic rings. The van der Waals surface area contributed by atoms with Crippen molar-refractivity contribution in [2.45, 2.75) is 40.0 Å². The molecule has 0 bridgehead atoms. The van der Waals surface area contributed by atoms with Crippen LogP contribution in [-0.2, 0) is 16.0 Å². The van der Waals surface area contributed by atoms with Crippen LogP contribution in [0.4, 0.5) is 5.69 Å². The first kappa shape index (κ1) is 22.2. The number of unbranched alkanes of at least 4 members (excludes halogenated alkanes) is 1. The van der Waals surface area contributed by atoms with Crippen LogP contribution >= 0.6 is 0 Å². The standard InChI is InChI=1S/C24H26N2O5/c1-4-6-12-26-22(28)18-11-10-17(13-19(18)23(26)29)24(30)31-14-20(27)25-21-15(3)8-7-9-16(21)5-2/h7-11,13H,4-6,12,14H2,1-3H3,(H,25,27). The molecule has 1 heterocycles. The number of aryl methyl sites for hydroxylation is 2. The molecule has 1 N–H and O–H groups in total. The third kappa shape index (κ3) is 4.66. The minimum absolute atomic E-state index is 0.121. The predicted molar refractivity (Wildman–Crippen MR) is 116 cm³/mol. The molecule has 0 saturated carbocycles. The average Bonchev–Trinajstić information content (AvgIpc) is 3.01. The van der Waals surface area contributed by atoms with Crippen molar-refractivity contribution >= 4 is 29.4 Å². The molecule has 0 aromatic heterocycles. The molecule has 0 aliphatic carbocycles. The number of ether oxygens (including phenoxy) is 1. The van der Waals surface area contributed by atoms with Crippen LogP contribution in [0.25, 0.3) is 0 Å². The van der Waals surface area contributed by atoms with Crippen molar-refractivity contribution in [3.8, 4) is 0 Å². The summed E-state index contributed by atoms with van der Waals surface area (Å²) in [5.74, 6) is -1.94. The van der Waals surface area contributed by atoms with Gasteiger partial charge in [0.15, 0.2) is 6.61 Å². The van der Waals surface area contributed by atoms with E-state index in [0.717, 1.165) is 36.1 Å². The molecule has 162 valence electrons. The summed E-state index contributed by atoms with van der Waals surface area (Å²) in [5, 5.41) is 2.79. The maximum absolute atomic E-state index is 12.5. The molecule has 0 spiro atoms. The van der Waals surface area contributed by atoms with Crippen molar-refractivity contribution in [3.63, 3.8) is 0 Å². The molecule has 0 fully saturated rings. The molecule has 1 aliphatic heterocycles. The summed E-state index contributed by atoms with van der Waals surface area (Å²) in [6.07, 6.45) is 2.33. The van der Waals surface area contributed by atoms with E-state index in [4.69, 9.17) is 4.74 Å². The van der Waals surface area contributed by atoms with Gasteiger partial charge >= 0.3 is 5.97 Å². The summed E-state index contributed by atoms with van der Waals surface area (Å²) in [5.41, 5.74) is 3.23. The fourth-order valence-corrected chi connectivity index (χ4v) is 3.53. The van der Waals surface area contributed by atoms with Gasteiger partial charge in [0.05, 0.1) is 16.7 Å². The van der Waals surface area contributed by atoms with Crippen molar-refractivity contribution in [2.24, 2.45) is 0 Å². The summed E-state index contributed by atoms with van der Waals surface area (Å²) in [4.78, 5) is 50.9. The second kappa shape index (κ2) is 9.55. The fraction of sp³-hybridized carbons (Fsp3) is 0.333. The van der Waals surface area contributed by atoms with Crippen molar-refractivity contribution in [2.75, 3.05) is 18.5 Å². The normalized spacial score (nSPS) is 12.7. The van der Waals surface area contributed by atoms with E-state index in [1.165, 1.54) is 23.1 Å². The molecule has 7 heteroatoms. The van der Waals surface area contributed by atoms with Crippen molar-refractivity contribution in [3.05, 3.63) is 64.2 Å². The molecular formula is C24H26N2O5. The Bertz CT molecular complexity index is 1040. The highest BCUT2D eigenvalue weighted by Crippen LogP contribution is 2.25. The van der Waals surface area contributed by atoms with Crippen LogP contribution in [0.15, 0.2) is 36.4 Å². The summed E-state index contributed by atoms with van der Waals surface area (Å²) in [6, 6.07) is 10.0. The molecule has 0 atom stereocenters. The smallest absolute Gasteiger partial charge is 0.338 e. The highest BCUT2D eigenvalue weighted by atomic mass is 16.5. The zero-order valence-corrected chi connectivity index (χ0v) is 18.0. The average molecular weight is 422 g/mol. The Balaban J connectivity index is 1.65. The van der Waals surface area contributed by atoms with Gasteiger partial charge in [-0.15, -0.1) is 0 Å². The van der Waals surface area contributed by atoms with Gasteiger partial charge in [0.25, 0.3) is 17.7 Å². The van der Waals surface area contributed by atoms with E-state index in [1.807, 2.05) is 39.0 Å². The number of carbonyl (C=O) groups is 4. The number of carbonyl (C=O) groups excluding carboxylic acids is 4. The monoisotopic (exact) mass is 422 g/mol. The van der Waals surface area contributed by atoms with Gasteiger partial charge in [0.1, 0.15) is 0 Å². The van der Waals surface area contributed by atoms with Gasteiger partial charge < -0.3 is 10.1 Å². The number of amides is 3. The largest absolute Gasteiger partial charge is 0.452 e. The van der Waals surface area contributed by atoms with Gasteiger partial charge in [-0.25, -0.2) is 4.79 Å². The Hall–Kier alpha value is -3.48. The van der Waals surface area contributed by atoms with Crippen molar-refractivity contribution < 1.29 is 23.9 Å². The predicted octanol–water partition coefficient (Wildman–Crippen LogP) is 3.75. The van der Waals surface area contributed by atoms with Gasteiger partial charge in [-0.2, -0.15) is 0 Å². The van der Waals surface area contributed by atoms with Gasteiger partial charge in [-0.1, -0.05) is 38.5 Å². The number of benzene rings is 2. The highest BCUT2D eigenvalue weighted by Gasteiger charge is 2.35. The topological polar surface area (TPSA) is 92.8 Å². The van der Waals surface area contributed by atoms with E-state index in [2.05, 4.69) is 5.32 Å². The Morgan fingerprint density at radius 1 is 1.03 bits per heavy atom. The number of imide groups is 1. The van der Waals surface area contributed by atoms with E-state index in [0.29, 0.717) is 6.54 Å². The summed E-state index contributed by atoms with van der Waals surface area (Å²) < 4.78 is 5.13. The van der Waals surface area contributed by atoms with Crippen LogP contribution < -0.4 is 5.32 Å². The quantitative estimate of drug-likeness (QED) is 0.517. The Kier molecular flexibility index (Phi) is 6.84. The molecule has 3 rings (SSSR count). The Morgan fingerprint density at radius 2 is 1.77 bits per heavy atom. The number of anilines is 1. The van der Waals surface area contributed by atoms with Crippen LogP contribution in [0.2, 0.25) is 0 Å². The number of fused-ring (bicyclic) bond motifs is 1. The summed E-state index contributed by atoms with van der Waals surface area (Å²) in [6.45, 7) is 5.76. The van der Waals surface area contributed by atoms with Crippen LogP contribution in [0.3, 0.4) is 0 Å². The minimum Gasteiger partial charge on any atom is -0.452 e. The van der Waals surface area contributed by atoms with Gasteiger partial charge in [0, 0.05) is 12.2 Å². The lowest BCUT2D eigenvalue weighted by Gasteiger charge is -2.13. The van der Waals surface area contributed by atoms with Crippen molar-refractivity contribution in [1.29, 1.82) is 0 Å². The third-order valence-electron chi connectivity index (χ3n) is 5.28. The molecule has 3 amide bonds. The van der Waals surface area contributed by atoms with Gasteiger partial charge in [0.2, 0.25) is 0 Å². The van der Waals surface area contributed by atoms with E-state index < -0.39 is 24.4 Å². The van der Waals surface area contributed by atoms with Crippen LogP contribution in [0, 0.1) is 6.92 Å². The van der Waals surface area contributed by atoms with E-state index >= 15 is 0 Å². The maximum atomic E-state index is 12.5. The summed E-state index contributed by atoms with van der Waals surface area (Å²) in [7, 11) is 0. The Morgan fingerprint density at radius 3 is 2.48 bits per heavy atom. The first-order valence-electron chi connectivity index (χ1n) is 10.4. The highest BCUT2D eigenvalue weighted by molar-refractivity contribution is 6.22. The second-order valence-corrected chi connectivity index (χ2v) is 7.46. The number of nitrogens with zero attached hydrogens (tertiary/aromatic N) is 1. The molecule has 31 heavy (non-hydrogen) atoms. The van der Waals surface area contributed by atoms with E-state index in [-0.39, 0.29) is 22.6 Å². The lowest BCUT2D eigenvalue weighted by atomic mass is 10.1. The minimum atomic E-state index is -0.731. The second-order valence-electron chi connectivity index (χ2n) is 7.46. The fourth-order valence-electron chi connectivity index (χ4n) is 3.53. The van der Waals surface area contributed by atoms with Crippen LogP contribution in [-0.4, -0.2) is 41.7 Å². The first-order valence-corrected chi connectivity index (χ1v) is 10.4. The molecule has 0 radical (unpaired) electrons. The van der Waals surface area contributed by atoms with Crippen LogP contribution in [0.5, 0.6) is 0 Å². The van der Waals surface area contributed by atoms with Gasteiger partial charge in [-0.05, 0) is 49.1 Å². The number of hydrogen-bond acceptors (Lipinski definition) is 5. The lowest BCUT2D eigenvalue weighted by molar-refractivity contribution is -0.119. The van der Waals surface area contributed by atoms with Crippen LogP contribution in [0.1, 0.15) is 68.9 Å². The number of para-hydroxylation sites is 1. The maximum Gasteiger partial charge on any atom is 0.338 e. The third-order valence-corrected chi connectivity index (χ3v) is 5.28. The first-order chi connectivity index (χ1) is 14.9. The molecule has 7 nitrogen and oxygen atoms in total.